The van der Waals surface area contributed by atoms with E-state index in [9.17, 15) is 4.48 Å². The fourth-order valence-corrected chi connectivity index (χ4v) is 0.549. The summed E-state index contributed by atoms with van der Waals surface area (Å²) in [6.07, 6.45) is 3.09. The van der Waals surface area contributed by atoms with Crippen molar-refractivity contribution in [2.45, 2.75) is 0 Å². The molecule has 0 spiro atoms. The molecule has 9 heavy (non-hydrogen) atoms. The van der Waals surface area contributed by atoms with E-state index in [1.54, 1.807) is 24.5 Å². The van der Waals surface area contributed by atoms with Crippen LogP contribution >= 0.6 is 0 Å². The molecule has 3 heteroatoms. The normalized spacial score (nSPS) is 9.11. The van der Waals surface area contributed by atoms with E-state index in [2.05, 4.69) is 4.98 Å². The van der Waals surface area contributed by atoms with Gasteiger partial charge in [-0.15, -0.1) is 4.48 Å². The van der Waals surface area contributed by atoms with Crippen molar-refractivity contribution in [3.05, 3.63) is 24.5 Å². The van der Waals surface area contributed by atoms with Crippen molar-refractivity contribution in [2.24, 2.45) is 0 Å². The van der Waals surface area contributed by atoms with Crippen LogP contribution in [0, 0.1) is 0 Å². The van der Waals surface area contributed by atoms with Gasteiger partial charge >= 0.3 is 0 Å². The quantitative estimate of drug-likeness (QED) is 0.529. The highest BCUT2D eigenvalue weighted by Crippen LogP contribution is 2.08. The predicted octanol–water partition coefficient (Wildman–Crippen LogP) is 1.40. The van der Waals surface area contributed by atoms with Gasteiger partial charge in [0.15, 0.2) is 0 Å². The zero-order valence-electron chi connectivity index (χ0n) is 5.08. The molecule has 0 aliphatic rings. The van der Waals surface area contributed by atoms with E-state index < -0.39 is 0 Å². The zero-order chi connectivity index (χ0) is 6.69. The highest BCUT2D eigenvalue weighted by molar-refractivity contribution is 5.40. The lowest BCUT2D eigenvalue weighted by Crippen LogP contribution is -2.01. The fourth-order valence-electron chi connectivity index (χ4n) is 0.549. The summed E-state index contributed by atoms with van der Waals surface area (Å²) in [6, 6.07) is 3.19. The molecule has 0 aromatic carbocycles. The maximum atomic E-state index is 12.2. The molecular formula is C6H7FN2. The summed E-state index contributed by atoms with van der Waals surface area (Å²) in [4.78, 5) is 3.73. The van der Waals surface area contributed by atoms with E-state index in [0.717, 1.165) is 0 Å². The minimum absolute atomic E-state index is 0.519. The lowest BCUT2D eigenvalue weighted by molar-refractivity contribution is 0.476. The molecular weight excluding hydrogens is 119 g/mol. The summed E-state index contributed by atoms with van der Waals surface area (Å²) in [6.45, 7) is 0. The molecule has 1 aromatic rings. The van der Waals surface area contributed by atoms with Crippen LogP contribution in [0.1, 0.15) is 0 Å². The highest BCUT2D eigenvalue weighted by Gasteiger charge is 1.92. The van der Waals surface area contributed by atoms with Crippen LogP contribution in [0.5, 0.6) is 0 Å². The Balaban J connectivity index is 2.85. The number of halogens is 1. The Morgan fingerprint density at radius 1 is 1.44 bits per heavy atom. The second-order valence-corrected chi connectivity index (χ2v) is 1.68. The summed E-state index contributed by atoms with van der Waals surface area (Å²) in [5.74, 6) is 0. The van der Waals surface area contributed by atoms with Crippen LogP contribution < -0.4 is 5.12 Å². The Hall–Kier alpha value is -1.12. The van der Waals surface area contributed by atoms with Gasteiger partial charge in [0.1, 0.15) is 0 Å². The lowest BCUT2D eigenvalue weighted by atomic mass is 10.4. The number of hydrogen-bond acceptors (Lipinski definition) is 2. The van der Waals surface area contributed by atoms with Gasteiger partial charge < -0.3 is 0 Å². The van der Waals surface area contributed by atoms with Crippen LogP contribution in [0.15, 0.2) is 24.5 Å². The van der Waals surface area contributed by atoms with E-state index in [1.807, 2.05) is 0 Å². The minimum Gasteiger partial charge on any atom is -0.265 e. The Kier molecular flexibility index (Phi) is 1.63. The third kappa shape index (κ3) is 1.38. The van der Waals surface area contributed by atoms with Gasteiger partial charge in [-0.3, -0.25) is 4.98 Å². The number of pyridine rings is 1. The summed E-state index contributed by atoms with van der Waals surface area (Å²) in [7, 11) is 1.34. The third-order valence-electron chi connectivity index (χ3n) is 1.02. The fraction of sp³-hybridized carbons (Fsp3) is 0.167. The number of anilines is 1. The van der Waals surface area contributed by atoms with Gasteiger partial charge in [0, 0.05) is 19.4 Å². The Morgan fingerprint density at radius 3 is 2.33 bits per heavy atom. The molecule has 1 aromatic heterocycles. The van der Waals surface area contributed by atoms with Crippen LogP contribution in [-0.2, 0) is 0 Å². The minimum atomic E-state index is 0.519. The molecule has 0 aliphatic carbocycles. The summed E-state index contributed by atoms with van der Waals surface area (Å²) in [5.41, 5.74) is 0.519. The smallest absolute Gasteiger partial charge is 0.0714 e. The van der Waals surface area contributed by atoms with Gasteiger partial charge in [-0.1, -0.05) is 0 Å². The van der Waals surface area contributed by atoms with Crippen LogP contribution in [0.3, 0.4) is 0 Å². The molecule has 0 amide bonds. The zero-order valence-corrected chi connectivity index (χ0v) is 5.08. The molecule has 48 valence electrons. The van der Waals surface area contributed by atoms with Crippen LogP contribution in [0.2, 0.25) is 0 Å². The van der Waals surface area contributed by atoms with Crippen molar-refractivity contribution in [3.63, 3.8) is 0 Å². The standard InChI is InChI=1S/C6H7FN2/c1-9(7)6-2-4-8-5-3-6/h2-5H,1H3. The monoisotopic (exact) mass is 126 g/mol. The van der Waals surface area contributed by atoms with Gasteiger partial charge in [0.25, 0.3) is 0 Å². The topological polar surface area (TPSA) is 16.1 Å². The second-order valence-electron chi connectivity index (χ2n) is 1.68. The molecule has 0 saturated heterocycles. The summed E-state index contributed by atoms with van der Waals surface area (Å²) in [5, 5.41) is 0.543. The van der Waals surface area contributed by atoms with Crippen molar-refractivity contribution in [1.29, 1.82) is 0 Å². The van der Waals surface area contributed by atoms with Crippen LogP contribution in [0.4, 0.5) is 10.2 Å². The van der Waals surface area contributed by atoms with Crippen molar-refractivity contribution >= 4 is 5.69 Å². The molecule has 1 rings (SSSR count). The van der Waals surface area contributed by atoms with Gasteiger partial charge in [-0.05, 0) is 12.1 Å². The number of hydrogen-bond donors (Lipinski definition) is 0. The van der Waals surface area contributed by atoms with Gasteiger partial charge in [-0.2, -0.15) is 0 Å². The molecule has 1 heterocycles. The molecule has 0 bridgehead atoms. The maximum Gasteiger partial charge on any atom is 0.0714 e. The highest BCUT2D eigenvalue weighted by atomic mass is 19.2. The molecule has 0 unspecified atom stereocenters. The first-order valence-corrected chi connectivity index (χ1v) is 2.60. The van der Waals surface area contributed by atoms with Crippen LogP contribution in [-0.4, -0.2) is 12.0 Å². The van der Waals surface area contributed by atoms with Gasteiger partial charge in [-0.25, -0.2) is 5.12 Å². The maximum absolute atomic E-state index is 12.2. The average Bonchev–Trinajstić information content (AvgIpc) is 1.90. The molecule has 0 fully saturated rings. The Labute approximate surface area is 52.9 Å². The van der Waals surface area contributed by atoms with Gasteiger partial charge in [0.2, 0.25) is 0 Å². The van der Waals surface area contributed by atoms with E-state index in [1.165, 1.54) is 7.05 Å². The molecule has 0 aliphatic heterocycles. The van der Waals surface area contributed by atoms with Crippen LogP contribution in [0.25, 0.3) is 0 Å². The predicted molar refractivity (Wildman–Crippen MR) is 33.7 cm³/mol. The number of aromatic nitrogens is 1. The van der Waals surface area contributed by atoms with Crippen molar-refractivity contribution in [2.75, 3.05) is 12.2 Å². The van der Waals surface area contributed by atoms with E-state index in [0.29, 0.717) is 10.8 Å². The number of nitrogens with zero attached hydrogens (tertiary/aromatic N) is 2. The first-order chi connectivity index (χ1) is 4.30. The Morgan fingerprint density at radius 2 is 2.00 bits per heavy atom. The number of rotatable bonds is 1. The van der Waals surface area contributed by atoms with Crippen molar-refractivity contribution in [1.82, 2.24) is 4.98 Å². The second kappa shape index (κ2) is 2.44. The SMILES string of the molecule is CN(F)c1ccncc1. The van der Waals surface area contributed by atoms with Crippen molar-refractivity contribution in [3.8, 4) is 0 Å². The summed E-state index contributed by atoms with van der Waals surface area (Å²) < 4.78 is 12.2. The lowest BCUT2D eigenvalue weighted by Gasteiger charge is -2.03. The summed E-state index contributed by atoms with van der Waals surface area (Å²) >= 11 is 0. The molecule has 0 saturated carbocycles. The Bertz CT molecular complexity index is 174. The molecule has 0 radical (unpaired) electrons. The molecule has 0 atom stereocenters. The van der Waals surface area contributed by atoms with Gasteiger partial charge in [0.05, 0.1) is 5.69 Å². The van der Waals surface area contributed by atoms with E-state index in [-0.39, 0.29) is 0 Å². The van der Waals surface area contributed by atoms with Crippen molar-refractivity contribution < 1.29 is 4.48 Å². The molecule has 0 N–H and O–H groups in total. The van der Waals surface area contributed by atoms with E-state index >= 15 is 0 Å². The van der Waals surface area contributed by atoms with E-state index in [4.69, 9.17) is 0 Å². The first kappa shape index (κ1) is 6.01. The average molecular weight is 126 g/mol. The first-order valence-electron chi connectivity index (χ1n) is 2.60. The molecule has 2 nitrogen and oxygen atoms in total. The third-order valence-corrected chi connectivity index (χ3v) is 1.02. The largest absolute Gasteiger partial charge is 0.265 e.